The van der Waals surface area contributed by atoms with Crippen molar-refractivity contribution in [1.29, 1.82) is 0 Å². The fourth-order valence-electron chi connectivity index (χ4n) is 3.29. The van der Waals surface area contributed by atoms with Crippen LogP contribution in [0.4, 0.5) is 0 Å². The van der Waals surface area contributed by atoms with Crippen molar-refractivity contribution in [2.45, 2.75) is 52.6 Å². The Balaban J connectivity index is 1.57. The molecule has 1 aliphatic rings. The first-order valence-electron chi connectivity index (χ1n) is 8.32. The van der Waals surface area contributed by atoms with Gasteiger partial charge < -0.3 is 4.90 Å². The normalized spacial score (nSPS) is 18.4. The van der Waals surface area contributed by atoms with Gasteiger partial charge in [0.15, 0.2) is 0 Å². The number of hydrogen-bond donors (Lipinski definition) is 0. The molecule has 2 aromatic rings. The van der Waals surface area contributed by atoms with E-state index in [9.17, 15) is 4.79 Å². The number of nitrogens with zero attached hydrogens (tertiary/aromatic N) is 5. The van der Waals surface area contributed by atoms with E-state index in [0.717, 1.165) is 42.9 Å². The maximum Gasteiger partial charge on any atom is 0.224 e. The molecule has 0 aliphatic carbocycles. The molecular formula is C17H25N5O. The number of rotatable bonds is 4. The monoisotopic (exact) mass is 315 g/mol. The summed E-state index contributed by atoms with van der Waals surface area (Å²) >= 11 is 0. The van der Waals surface area contributed by atoms with Gasteiger partial charge in [-0.05, 0) is 45.2 Å². The molecule has 124 valence electrons. The fraction of sp³-hybridized carbons (Fsp3) is 0.588. The van der Waals surface area contributed by atoms with Gasteiger partial charge >= 0.3 is 0 Å². The molecule has 0 aromatic carbocycles. The lowest BCUT2D eigenvalue weighted by molar-refractivity contribution is -0.133. The lowest BCUT2D eigenvalue weighted by atomic mass is 10.1. The smallest absolute Gasteiger partial charge is 0.224 e. The molecule has 0 bridgehead atoms. The summed E-state index contributed by atoms with van der Waals surface area (Å²) in [5, 5.41) is 8.83. The van der Waals surface area contributed by atoms with E-state index in [2.05, 4.69) is 16.4 Å². The lowest BCUT2D eigenvalue weighted by Crippen LogP contribution is -2.41. The van der Waals surface area contributed by atoms with Crippen molar-refractivity contribution in [2.24, 2.45) is 0 Å². The Morgan fingerprint density at radius 1 is 1.35 bits per heavy atom. The van der Waals surface area contributed by atoms with Crippen LogP contribution in [-0.4, -0.2) is 43.5 Å². The largest absolute Gasteiger partial charge is 0.340 e. The highest BCUT2D eigenvalue weighted by Crippen LogP contribution is 2.21. The Labute approximate surface area is 137 Å². The Morgan fingerprint density at radius 2 is 2.17 bits per heavy atom. The third-order valence-electron chi connectivity index (χ3n) is 4.49. The van der Waals surface area contributed by atoms with Crippen molar-refractivity contribution < 1.29 is 4.79 Å². The van der Waals surface area contributed by atoms with Gasteiger partial charge in [0.05, 0.1) is 17.9 Å². The van der Waals surface area contributed by atoms with E-state index in [0.29, 0.717) is 19.0 Å². The molecule has 3 heterocycles. The highest BCUT2D eigenvalue weighted by molar-refractivity contribution is 5.76. The van der Waals surface area contributed by atoms with E-state index in [-0.39, 0.29) is 5.91 Å². The van der Waals surface area contributed by atoms with Crippen LogP contribution in [-0.2, 0) is 11.3 Å². The number of piperidine rings is 1. The minimum atomic E-state index is 0.214. The fourth-order valence-corrected chi connectivity index (χ4v) is 3.29. The summed E-state index contributed by atoms with van der Waals surface area (Å²) in [6, 6.07) is 2.34. The van der Waals surface area contributed by atoms with Gasteiger partial charge in [0, 0.05) is 37.9 Å². The van der Waals surface area contributed by atoms with E-state index >= 15 is 0 Å². The van der Waals surface area contributed by atoms with Gasteiger partial charge in [-0.1, -0.05) is 0 Å². The van der Waals surface area contributed by atoms with E-state index in [1.54, 1.807) is 0 Å². The number of carbonyl (C=O) groups excluding carboxylic acids is 1. The summed E-state index contributed by atoms with van der Waals surface area (Å²) in [5.41, 5.74) is 3.28. The SMILES string of the molecule is Cc1cnn([C@@H]2CCCN(C(=O)CCn3nc(C)cc3C)C2)c1. The second kappa shape index (κ2) is 6.56. The first-order chi connectivity index (χ1) is 11.0. The summed E-state index contributed by atoms with van der Waals surface area (Å²) in [7, 11) is 0. The van der Waals surface area contributed by atoms with Crippen LogP contribution in [0.15, 0.2) is 18.5 Å². The molecule has 1 atom stereocenters. The van der Waals surface area contributed by atoms with Crippen LogP contribution in [0.5, 0.6) is 0 Å². The second-order valence-electron chi connectivity index (χ2n) is 6.53. The Hall–Kier alpha value is -2.11. The molecule has 2 aromatic heterocycles. The Kier molecular flexibility index (Phi) is 4.50. The summed E-state index contributed by atoms with van der Waals surface area (Å²) in [6.07, 6.45) is 6.57. The predicted octanol–water partition coefficient (Wildman–Crippen LogP) is 2.26. The quantitative estimate of drug-likeness (QED) is 0.869. The van der Waals surface area contributed by atoms with E-state index < -0.39 is 0 Å². The lowest BCUT2D eigenvalue weighted by Gasteiger charge is -2.33. The molecule has 1 aliphatic heterocycles. The van der Waals surface area contributed by atoms with Crippen molar-refractivity contribution in [3.8, 4) is 0 Å². The third kappa shape index (κ3) is 3.63. The first-order valence-corrected chi connectivity index (χ1v) is 8.32. The Bertz CT molecular complexity index is 687. The molecule has 0 radical (unpaired) electrons. The van der Waals surface area contributed by atoms with Crippen molar-refractivity contribution in [2.75, 3.05) is 13.1 Å². The van der Waals surface area contributed by atoms with Gasteiger partial charge in [-0.15, -0.1) is 0 Å². The first kappa shape index (κ1) is 15.8. The summed E-state index contributed by atoms with van der Waals surface area (Å²) < 4.78 is 3.93. The Morgan fingerprint density at radius 3 is 2.83 bits per heavy atom. The average molecular weight is 315 g/mol. The molecule has 6 heteroatoms. The van der Waals surface area contributed by atoms with Crippen LogP contribution >= 0.6 is 0 Å². The number of aryl methyl sites for hydroxylation is 4. The van der Waals surface area contributed by atoms with Gasteiger partial charge in [0.25, 0.3) is 0 Å². The summed E-state index contributed by atoms with van der Waals surface area (Å²) in [6.45, 7) is 8.32. The molecule has 0 spiro atoms. The van der Waals surface area contributed by atoms with Crippen LogP contribution < -0.4 is 0 Å². The summed E-state index contributed by atoms with van der Waals surface area (Å²) in [4.78, 5) is 14.5. The molecular weight excluding hydrogens is 290 g/mol. The van der Waals surface area contributed by atoms with Gasteiger partial charge in [0.1, 0.15) is 0 Å². The predicted molar refractivity (Wildman–Crippen MR) is 88.1 cm³/mol. The zero-order chi connectivity index (χ0) is 16.4. The van der Waals surface area contributed by atoms with Crippen molar-refractivity contribution in [3.05, 3.63) is 35.4 Å². The summed E-state index contributed by atoms with van der Waals surface area (Å²) in [5.74, 6) is 0.214. The zero-order valence-electron chi connectivity index (χ0n) is 14.2. The minimum absolute atomic E-state index is 0.214. The van der Waals surface area contributed by atoms with Crippen molar-refractivity contribution in [3.63, 3.8) is 0 Å². The van der Waals surface area contributed by atoms with Crippen LogP contribution in [0.2, 0.25) is 0 Å². The molecule has 23 heavy (non-hydrogen) atoms. The van der Waals surface area contributed by atoms with E-state index in [1.807, 2.05) is 47.3 Å². The van der Waals surface area contributed by atoms with Crippen LogP contribution in [0.25, 0.3) is 0 Å². The number of amides is 1. The number of aromatic nitrogens is 4. The molecule has 3 rings (SSSR count). The van der Waals surface area contributed by atoms with E-state index in [1.165, 1.54) is 0 Å². The molecule has 0 saturated carbocycles. The molecule has 0 N–H and O–H groups in total. The molecule has 1 amide bonds. The van der Waals surface area contributed by atoms with Crippen LogP contribution in [0, 0.1) is 20.8 Å². The molecule has 1 fully saturated rings. The highest BCUT2D eigenvalue weighted by atomic mass is 16.2. The van der Waals surface area contributed by atoms with Crippen molar-refractivity contribution >= 4 is 5.91 Å². The zero-order valence-corrected chi connectivity index (χ0v) is 14.2. The number of hydrogen-bond acceptors (Lipinski definition) is 3. The number of likely N-dealkylation sites (tertiary alicyclic amines) is 1. The van der Waals surface area contributed by atoms with Gasteiger partial charge in [-0.3, -0.25) is 14.2 Å². The van der Waals surface area contributed by atoms with Crippen LogP contribution in [0.3, 0.4) is 0 Å². The van der Waals surface area contributed by atoms with Crippen molar-refractivity contribution in [1.82, 2.24) is 24.5 Å². The van der Waals surface area contributed by atoms with Crippen LogP contribution in [0.1, 0.15) is 42.3 Å². The van der Waals surface area contributed by atoms with Gasteiger partial charge in [-0.25, -0.2) is 0 Å². The standard InChI is InChI=1S/C17H25N5O/c1-13-10-18-22(11-13)16-5-4-7-20(12-16)17(23)6-8-21-15(3)9-14(2)19-21/h9-11,16H,4-8,12H2,1-3H3/t16-/m1/s1. The van der Waals surface area contributed by atoms with Gasteiger partial charge in [0.2, 0.25) is 5.91 Å². The van der Waals surface area contributed by atoms with E-state index in [4.69, 9.17) is 0 Å². The molecule has 6 nitrogen and oxygen atoms in total. The van der Waals surface area contributed by atoms with Gasteiger partial charge in [-0.2, -0.15) is 10.2 Å². The highest BCUT2D eigenvalue weighted by Gasteiger charge is 2.25. The molecule has 0 unspecified atom stereocenters. The topological polar surface area (TPSA) is 56.0 Å². The maximum absolute atomic E-state index is 12.5. The second-order valence-corrected chi connectivity index (χ2v) is 6.53. The number of carbonyl (C=O) groups is 1. The maximum atomic E-state index is 12.5. The minimum Gasteiger partial charge on any atom is -0.340 e. The molecule has 1 saturated heterocycles. The average Bonchev–Trinajstić information content (AvgIpc) is 3.10. The third-order valence-corrected chi connectivity index (χ3v) is 4.49.